The number of nitrogens with zero attached hydrogens (tertiary/aromatic N) is 2. The molecule has 1 aromatic heterocycles. The Morgan fingerprint density at radius 3 is 2.89 bits per heavy atom. The summed E-state index contributed by atoms with van der Waals surface area (Å²) in [5.41, 5.74) is 3.25. The summed E-state index contributed by atoms with van der Waals surface area (Å²) in [6.45, 7) is 1.68. The van der Waals surface area contributed by atoms with E-state index in [-0.39, 0.29) is 5.91 Å². The molecule has 4 heteroatoms. The van der Waals surface area contributed by atoms with Gasteiger partial charge in [-0.15, -0.1) is 0 Å². The first-order chi connectivity index (χ1) is 9.24. The molecule has 0 radical (unpaired) electrons. The molecule has 0 atom stereocenters. The molecule has 1 aromatic carbocycles. The third kappa shape index (κ3) is 1.98. The third-order valence-corrected chi connectivity index (χ3v) is 4.46. The number of amides is 1. The minimum Gasteiger partial charge on any atom is -0.339 e. The smallest absolute Gasteiger partial charge is 0.270 e. The second-order valence-corrected chi connectivity index (χ2v) is 5.78. The van der Waals surface area contributed by atoms with E-state index < -0.39 is 0 Å². The molecule has 0 bridgehead atoms. The standard InChI is InChI=1S/C15H17BrN2O/c1-17-13-6-3-2-5-11(13)12-7-10-18(9-4-8-16)15(19)14(12)17/h2-3,5-6H,4,7-10H2,1H3. The molecule has 2 aromatic rings. The van der Waals surface area contributed by atoms with Crippen LogP contribution in [0.15, 0.2) is 24.3 Å². The molecule has 100 valence electrons. The number of carbonyl (C=O) groups excluding carboxylic acids is 1. The molecule has 0 saturated carbocycles. The summed E-state index contributed by atoms with van der Waals surface area (Å²) in [5.74, 6) is 0.181. The summed E-state index contributed by atoms with van der Waals surface area (Å²) in [7, 11) is 1.99. The Kier molecular flexibility index (Phi) is 3.35. The molecule has 1 aliphatic rings. The van der Waals surface area contributed by atoms with Crippen molar-refractivity contribution in [2.75, 3.05) is 18.4 Å². The van der Waals surface area contributed by atoms with Crippen LogP contribution in [0.3, 0.4) is 0 Å². The number of rotatable bonds is 3. The van der Waals surface area contributed by atoms with Crippen LogP contribution in [0.25, 0.3) is 10.9 Å². The van der Waals surface area contributed by atoms with E-state index in [2.05, 4.69) is 28.1 Å². The van der Waals surface area contributed by atoms with Crippen LogP contribution in [0.1, 0.15) is 22.5 Å². The number of carbonyl (C=O) groups is 1. The lowest BCUT2D eigenvalue weighted by molar-refractivity contribution is 0.0731. The van der Waals surface area contributed by atoms with Crippen LogP contribution in [0.2, 0.25) is 0 Å². The topological polar surface area (TPSA) is 25.2 Å². The molecule has 0 saturated heterocycles. The zero-order valence-corrected chi connectivity index (χ0v) is 12.6. The van der Waals surface area contributed by atoms with E-state index in [0.717, 1.165) is 42.5 Å². The van der Waals surface area contributed by atoms with Gasteiger partial charge in [-0.3, -0.25) is 4.79 Å². The van der Waals surface area contributed by atoms with Crippen molar-refractivity contribution >= 4 is 32.7 Å². The lowest BCUT2D eigenvalue weighted by atomic mass is 10.0. The molecule has 3 nitrogen and oxygen atoms in total. The number of aromatic nitrogens is 1. The number of hydrogen-bond acceptors (Lipinski definition) is 1. The normalized spacial score (nSPS) is 15.1. The van der Waals surface area contributed by atoms with E-state index in [1.807, 2.05) is 28.6 Å². The van der Waals surface area contributed by atoms with E-state index in [4.69, 9.17) is 0 Å². The van der Waals surface area contributed by atoms with Gasteiger partial charge >= 0.3 is 0 Å². The van der Waals surface area contributed by atoms with Crippen LogP contribution in [0.5, 0.6) is 0 Å². The summed E-state index contributed by atoms with van der Waals surface area (Å²) in [4.78, 5) is 14.6. The number of benzene rings is 1. The predicted octanol–water partition coefficient (Wildman–Crippen LogP) is 2.96. The van der Waals surface area contributed by atoms with Crippen LogP contribution in [-0.2, 0) is 13.5 Å². The first-order valence-corrected chi connectivity index (χ1v) is 7.77. The molecule has 0 aliphatic carbocycles. The second kappa shape index (κ2) is 5.00. The lowest BCUT2D eigenvalue weighted by Crippen LogP contribution is -2.39. The first kappa shape index (κ1) is 12.7. The molecular formula is C15H17BrN2O. The molecular weight excluding hydrogens is 304 g/mol. The van der Waals surface area contributed by atoms with Gasteiger partial charge in [-0.2, -0.15) is 0 Å². The van der Waals surface area contributed by atoms with Gasteiger partial charge in [0.2, 0.25) is 0 Å². The second-order valence-electron chi connectivity index (χ2n) is 4.99. The van der Waals surface area contributed by atoms with Crippen LogP contribution in [-0.4, -0.2) is 33.8 Å². The number of aryl methyl sites for hydroxylation is 1. The fourth-order valence-electron chi connectivity index (χ4n) is 2.96. The minimum absolute atomic E-state index is 0.181. The Morgan fingerprint density at radius 2 is 2.11 bits per heavy atom. The Hall–Kier alpha value is -1.29. The highest BCUT2D eigenvalue weighted by molar-refractivity contribution is 9.09. The summed E-state index contributed by atoms with van der Waals surface area (Å²) in [6.07, 6.45) is 1.97. The Bertz CT molecular complexity index is 632. The summed E-state index contributed by atoms with van der Waals surface area (Å²) in [6, 6.07) is 8.28. The highest BCUT2D eigenvalue weighted by Gasteiger charge is 2.29. The Labute approximate surface area is 121 Å². The number of alkyl halides is 1. The zero-order valence-electron chi connectivity index (χ0n) is 11.0. The van der Waals surface area contributed by atoms with Gasteiger partial charge in [0.1, 0.15) is 5.69 Å². The Morgan fingerprint density at radius 1 is 1.32 bits per heavy atom. The summed E-state index contributed by atoms with van der Waals surface area (Å²) < 4.78 is 2.05. The maximum atomic E-state index is 12.6. The monoisotopic (exact) mass is 320 g/mol. The van der Waals surface area contributed by atoms with Crippen LogP contribution < -0.4 is 0 Å². The lowest BCUT2D eigenvalue weighted by Gasteiger charge is -2.27. The fourth-order valence-corrected chi connectivity index (χ4v) is 3.21. The van der Waals surface area contributed by atoms with Gasteiger partial charge in [-0.05, 0) is 24.5 Å². The molecule has 0 N–H and O–H groups in total. The number of para-hydroxylation sites is 1. The van der Waals surface area contributed by atoms with E-state index in [0.29, 0.717) is 0 Å². The summed E-state index contributed by atoms with van der Waals surface area (Å²) in [5, 5.41) is 2.17. The van der Waals surface area contributed by atoms with Crippen molar-refractivity contribution in [1.29, 1.82) is 0 Å². The zero-order chi connectivity index (χ0) is 13.4. The fraction of sp³-hybridized carbons (Fsp3) is 0.400. The Balaban J connectivity index is 2.06. The maximum Gasteiger partial charge on any atom is 0.270 e. The SMILES string of the molecule is Cn1c2c(c3ccccc31)CCN(CCCBr)C2=O. The van der Waals surface area contributed by atoms with E-state index in [1.165, 1.54) is 10.9 Å². The van der Waals surface area contributed by atoms with Crippen molar-refractivity contribution in [3.63, 3.8) is 0 Å². The van der Waals surface area contributed by atoms with E-state index >= 15 is 0 Å². The van der Waals surface area contributed by atoms with Crippen LogP contribution >= 0.6 is 15.9 Å². The van der Waals surface area contributed by atoms with Crippen molar-refractivity contribution in [2.45, 2.75) is 12.8 Å². The predicted molar refractivity (Wildman–Crippen MR) is 80.9 cm³/mol. The van der Waals surface area contributed by atoms with Gasteiger partial charge in [-0.1, -0.05) is 34.1 Å². The van der Waals surface area contributed by atoms with Gasteiger partial charge in [0.15, 0.2) is 0 Å². The number of fused-ring (bicyclic) bond motifs is 3. The highest BCUT2D eigenvalue weighted by atomic mass is 79.9. The molecule has 1 aliphatic heterocycles. The van der Waals surface area contributed by atoms with Gasteiger partial charge in [-0.25, -0.2) is 0 Å². The summed E-state index contributed by atoms with van der Waals surface area (Å²) >= 11 is 3.43. The highest BCUT2D eigenvalue weighted by Crippen LogP contribution is 2.29. The molecule has 3 rings (SSSR count). The molecule has 19 heavy (non-hydrogen) atoms. The molecule has 0 unspecified atom stereocenters. The quantitative estimate of drug-likeness (QED) is 0.798. The third-order valence-electron chi connectivity index (χ3n) is 3.89. The van der Waals surface area contributed by atoms with Crippen LogP contribution in [0.4, 0.5) is 0 Å². The first-order valence-electron chi connectivity index (χ1n) is 6.65. The van der Waals surface area contributed by atoms with Gasteiger partial charge in [0, 0.05) is 36.4 Å². The largest absolute Gasteiger partial charge is 0.339 e. The average Bonchev–Trinajstić information content (AvgIpc) is 2.73. The molecule has 0 fully saturated rings. The van der Waals surface area contributed by atoms with Gasteiger partial charge in [0.25, 0.3) is 5.91 Å². The van der Waals surface area contributed by atoms with Crippen molar-refractivity contribution < 1.29 is 4.79 Å². The number of halogens is 1. The van der Waals surface area contributed by atoms with Crippen molar-refractivity contribution in [3.8, 4) is 0 Å². The van der Waals surface area contributed by atoms with Crippen molar-refractivity contribution in [2.24, 2.45) is 7.05 Å². The average molecular weight is 321 g/mol. The molecule has 1 amide bonds. The van der Waals surface area contributed by atoms with Gasteiger partial charge in [0.05, 0.1) is 0 Å². The molecule has 0 spiro atoms. The maximum absolute atomic E-state index is 12.6. The van der Waals surface area contributed by atoms with Crippen molar-refractivity contribution in [1.82, 2.24) is 9.47 Å². The van der Waals surface area contributed by atoms with Gasteiger partial charge < -0.3 is 9.47 Å². The van der Waals surface area contributed by atoms with Crippen LogP contribution in [0, 0.1) is 0 Å². The minimum atomic E-state index is 0.181. The van der Waals surface area contributed by atoms with E-state index in [9.17, 15) is 4.79 Å². The van der Waals surface area contributed by atoms with E-state index in [1.54, 1.807) is 0 Å². The number of hydrogen-bond donors (Lipinski definition) is 0. The molecule has 2 heterocycles. The van der Waals surface area contributed by atoms with Crippen molar-refractivity contribution in [3.05, 3.63) is 35.5 Å².